The van der Waals surface area contributed by atoms with E-state index in [2.05, 4.69) is 16.2 Å². The number of aryl methyl sites for hydroxylation is 1. The molecule has 0 aromatic carbocycles. The molecule has 0 bridgehead atoms. The molecule has 3 aromatic rings. The maximum Gasteiger partial charge on any atom is 0.142 e. The molecular weight excluding hydrogens is 270 g/mol. The van der Waals surface area contributed by atoms with Crippen LogP contribution >= 0.6 is 11.3 Å². The van der Waals surface area contributed by atoms with Crippen molar-refractivity contribution in [2.45, 2.75) is 0 Å². The van der Waals surface area contributed by atoms with Crippen LogP contribution in [-0.2, 0) is 7.05 Å². The maximum atomic E-state index is 9.31. The molecule has 3 rings (SSSR count). The molecule has 0 amide bonds. The van der Waals surface area contributed by atoms with Gasteiger partial charge in [0.2, 0.25) is 0 Å². The van der Waals surface area contributed by atoms with Crippen LogP contribution in [0.5, 0.6) is 0 Å². The quantitative estimate of drug-likeness (QED) is 0.783. The summed E-state index contributed by atoms with van der Waals surface area (Å²) in [5.41, 5.74) is 9.67. The minimum absolute atomic E-state index is 0.243. The average molecular weight is 281 g/mol. The van der Waals surface area contributed by atoms with Gasteiger partial charge in [-0.05, 0) is 23.6 Å². The highest BCUT2D eigenvalue weighted by atomic mass is 32.1. The van der Waals surface area contributed by atoms with Crippen molar-refractivity contribution < 1.29 is 0 Å². The van der Waals surface area contributed by atoms with Gasteiger partial charge in [0, 0.05) is 29.8 Å². The second-order valence-electron chi connectivity index (χ2n) is 4.28. The summed E-state index contributed by atoms with van der Waals surface area (Å²) in [4.78, 5) is 4.32. The summed E-state index contributed by atoms with van der Waals surface area (Å²) in [5, 5.41) is 17.4. The SMILES string of the molecule is Cn1nccc1-c1cc(-c2ccsc2)nc(N)c1C#N. The Morgan fingerprint density at radius 3 is 2.85 bits per heavy atom. The summed E-state index contributed by atoms with van der Waals surface area (Å²) in [5.74, 6) is 0.243. The van der Waals surface area contributed by atoms with Crippen LogP contribution in [0.1, 0.15) is 5.56 Å². The molecule has 5 nitrogen and oxygen atoms in total. The number of hydrogen-bond donors (Lipinski definition) is 1. The number of nitrogen functional groups attached to an aromatic ring is 1. The molecule has 0 radical (unpaired) electrons. The Labute approximate surface area is 119 Å². The van der Waals surface area contributed by atoms with Crippen molar-refractivity contribution in [2.75, 3.05) is 5.73 Å². The van der Waals surface area contributed by atoms with Crippen LogP contribution in [-0.4, -0.2) is 14.8 Å². The normalized spacial score (nSPS) is 10.4. The van der Waals surface area contributed by atoms with Gasteiger partial charge in [0.15, 0.2) is 0 Å². The zero-order valence-corrected chi connectivity index (χ0v) is 11.6. The summed E-state index contributed by atoms with van der Waals surface area (Å²) < 4.78 is 1.72. The van der Waals surface area contributed by atoms with Crippen molar-refractivity contribution in [1.29, 1.82) is 5.26 Å². The first-order chi connectivity index (χ1) is 9.70. The summed E-state index contributed by atoms with van der Waals surface area (Å²) in [6.07, 6.45) is 1.69. The van der Waals surface area contributed by atoms with Crippen LogP contribution in [0, 0.1) is 11.3 Å². The molecule has 3 heterocycles. The molecule has 0 spiro atoms. The predicted molar refractivity (Wildman–Crippen MR) is 78.9 cm³/mol. The smallest absolute Gasteiger partial charge is 0.142 e. The zero-order chi connectivity index (χ0) is 14.1. The van der Waals surface area contributed by atoms with E-state index in [4.69, 9.17) is 5.73 Å². The topological polar surface area (TPSA) is 80.5 Å². The number of nitrogens with zero attached hydrogens (tertiary/aromatic N) is 4. The Morgan fingerprint density at radius 2 is 2.25 bits per heavy atom. The van der Waals surface area contributed by atoms with Gasteiger partial charge in [0.1, 0.15) is 17.5 Å². The molecule has 0 atom stereocenters. The number of rotatable bonds is 2. The first-order valence-electron chi connectivity index (χ1n) is 5.92. The number of aromatic nitrogens is 3. The van der Waals surface area contributed by atoms with Crippen molar-refractivity contribution in [3.8, 4) is 28.6 Å². The maximum absolute atomic E-state index is 9.31. The fraction of sp³-hybridized carbons (Fsp3) is 0.0714. The summed E-state index contributed by atoms with van der Waals surface area (Å²) in [7, 11) is 1.83. The average Bonchev–Trinajstić information content (AvgIpc) is 3.08. The lowest BCUT2D eigenvalue weighted by Gasteiger charge is -2.09. The zero-order valence-electron chi connectivity index (χ0n) is 10.7. The lowest BCUT2D eigenvalue weighted by atomic mass is 10.0. The van der Waals surface area contributed by atoms with Crippen LogP contribution in [0.15, 0.2) is 35.2 Å². The third-order valence-corrected chi connectivity index (χ3v) is 3.76. The molecule has 20 heavy (non-hydrogen) atoms. The Kier molecular flexibility index (Phi) is 2.97. The molecule has 0 aliphatic rings. The molecule has 6 heteroatoms. The fourth-order valence-electron chi connectivity index (χ4n) is 2.08. The van der Waals surface area contributed by atoms with E-state index < -0.39 is 0 Å². The van der Waals surface area contributed by atoms with Gasteiger partial charge < -0.3 is 5.73 Å². The van der Waals surface area contributed by atoms with Gasteiger partial charge in [0.05, 0.1) is 11.4 Å². The first-order valence-corrected chi connectivity index (χ1v) is 6.86. The van der Waals surface area contributed by atoms with Crippen molar-refractivity contribution in [3.63, 3.8) is 0 Å². The van der Waals surface area contributed by atoms with Crippen LogP contribution in [0.4, 0.5) is 5.82 Å². The fourth-order valence-corrected chi connectivity index (χ4v) is 2.73. The van der Waals surface area contributed by atoms with Crippen molar-refractivity contribution >= 4 is 17.2 Å². The minimum atomic E-state index is 0.243. The lowest BCUT2D eigenvalue weighted by molar-refractivity contribution is 0.775. The van der Waals surface area contributed by atoms with E-state index >= 15 is 0 Å². The third-order valence-electron chi connectivity index (χ3n) is 3.07. The molecule has 0 aliphatic heterocycles. The van der Waals surface area contributed by atoms with Gasteiger partial charge in [-0.2, -0.15) is 21.7 Å². The monoisotopic (exact) mass is 281 g/mol. The molecule has 0 saturated carbocycles. The molecule has 0 fully saturated rings. The first kappa shape index (κ1) is 12.4. The number of nitriles is 1. The molecule has 0 saturated heterocycles. The molecule has 3 aromatic heterocycles. The number of anilines is 1. The van der Waals surface area contributed by atoms with Crippen molar-refractivity contribution in [3.05, 3.63) is 40.7 Å². The van der Waals surface area contributed by atoms with E-state index in [9.17, 15) is 5.26 Å². The second-order valence-corrected chi connectivity index (χ2v) is 5.06. The molecule has 0 unspecified atom stereocenters. The van der Waals surface area contributed by atoms with E-state index in [-0.39, 0.29) is 5.82 Å². The van der Waals surface area contributed by atoms with Crippen molar-refractivity contribution in [1.82, 2.24) is 14.8 Å². The van der Waals surface area contributed by atoms with Crippen molar-refractivity contribution in [2.24, 2.45) is 7.05 Å². The number of hydrogen-bond acceptors (Lipinski definition) is 5. The molecule has 0 aliphatic carbocycles. The summed E-state index contributed by atoms with van der Waals surface area (Å²) in [6, 6.07) is 7.84. The second kappa shape index (κ2) is 4.79. The third kappa shape index (κ3) is 1.94. The van der Waals surface area contributed by atoms with E-state index in [1.54, 1.807) is 22.2 Å². The Bertz CT molecular complexity index is 796. The highest BCUT2D eigenvalue weighted by Gasteiger charge is 2.15. The summed E-state index contributed by atoms with van der Waals surface area (Å²) >= 11 is 1.59. The summed E-state index contributed by atoms with van der Waals surface area (Å²) in [6.45, 7) is 0. The van der Waals surface area contributed by atoms with Gasteiger partial charge in [-0.3, -0.25) is 4.68 Å². The van der Waals surface area contributed by atoms with Crippen LogP contribution < -0.4 is 5.73 Å². The number of pyridine rings is 1. The minimum Gasteiger partial charge on any atom is -0.383 e. The van der Waals surface area contributed by atoms with Gasteiger partial charge in [0.25, 0.3) is 0 Å². The van der Waals surface area contributed by atoms with Crippen LogP contribution in [0.3, 0.4) is 0 Å². The Hall–Kier alpha value is -2.65. The Balaban J connectivity index is 2.27. The standard InChI is InChI=1S/C14H11N5S/c1-19-13(2-4-17-19)10-6-12(9-3-5-20-8-9)18-14(16)11(10)7-15/h2-6,8H,1H3,(H2,16,18). The molecule has 98 valence electrons. The predicted octanol–water partition coefficient (Wildman–Crippen LogP) is 2.66. The molecule has 2 N–H and O–H groups in total. The van der Waals surface area contributed by atoms with E-state index in [0.29, 0.717) is 5.56 Å². The van der Waals surface area contributed by atoms with E-state index in [1.165, 1.54) is 0 Å². The van der Waals surface area contributed by atoms with Crippen LogP contribution in [0.2, 0.25) is 0 Å². The highest BCUT2D eigenvalue weighted by Crippen LogP contribution is 2.31. The Morgan fingerprint density at radius 1 is 1.40 bits per heavy atom. The van der Waals surface area contributed by atoms with Gasteiger partial charge in [-0.1, -0.05) is 0 Å². The lowest BCUT2D eigenvalue weighted by Crippen LogP contribution is -2.02. The van der Waals surface area contributed by atoms with Gasteiger partial charge in [-0.25, -0.2) is 4.98 Å². The largest absolute Gasteiger partial charge is 0.383 e. The number of nitrogens with two attached hydrogens (primary N) is 1. The van der Waals surface area contributed by atoms with Crippen LogP contribution in [0.25, 0.3) is 22.5 Å². The molecular formula is C14H11N5S. The van der Waals surface area contributed by atoms with Gasteiger partial charge >= 0.3 is 0 Å². The number of thiophene rings is 1. The van der Waals surface area contributed by atoms with E-state index in [0.717, 1.165) is 22.5 Å². The highest BCUT2D eigenvalue weighted by molar-refractivity contribution is 7.08. The van der Waals surface area contributed by atoms with Gasteiger partial charge in [-0.15, -0.1) is 0 Å². The van der Waals surface area contributed by atoms with E-state index in [1.807, 2.05) is 36.0 Å².